The lowest BCUT2D eigenvalue weighted by Crippen LogP contribution is -2.29. The number of carbonyl (C=O) groups is 1. The van der Waals surface area contributed by atoms with E-state index in [2.05, 4.69) is 20.5 Å². The highest BCUT2D eigenvalue weighted by Crippen LogP contribution is 2.28. The Morgan fingerprint density at radius 2 is 2.04 bits per heavy atom. The van der Waals surface area contributed by atoms with Crippen molar-refractivity contribution in [2.24, 2.45) is 5.73 Å². The van der Waals surface area contributed by atoms with Crippen LogP contribution in [0.15, 0.2) is 42.6 Å². The van der Waals surface area contributed by atoms with Crippen LogP contribution >= 0.6 is 11.3 Å². The number of thiazole rings is 1. The zero-order chi connectivity index (χ0) is 16.4. The van der Waals surface area contributed by atoms with E-state index in [9.17, 15) is 4.79 Å². The van der Waals surface area contributed by atoms with Gasteiger partial charge in [-0.25, -0.2) is 4.98 Å². The number of carbonyl (C=O) groups excluding carboxylic acids is 1. The summed E-state index contributed by atoms with van der Waals surface area (Å²) in [6, 6.07) is 11.5. The van der Waals surface area contributed by atoms with E-state index < -0.39 is 5.54 Å². The third-order valence-corrected chi connectivity index (χ3v) is 4.23. The Morgan fingerprint density at radius 1 is 1.30 bits per heavy atom. The molecule has 0 aliphatic carbocycles. The van der Waals surface area contributed by atoms with Crippen LogP contribution in [0, 0.1) is 0 Å². The predicted molar refractivity (Wildman–Crippen MR) is 91.3 cm³/mol. The van der Waals surface area contributed by atoms with Crippen LogP contribution < -0.4 is 11.1 Å². The number of anilines is 1. The Morgan fingerprint density at radius 3 is 2.70 bits per heavy atom. The van der Waals surface area contributed by atoms with Crippen molar-refractivity contribution in [3.8, 4) is 10.6 Å². The molecule has 1 aromatic carbocycles. The molecule has 0 bridgehead atoms. The van der Waals surface area contributed by atoms with Gasteiger partial charge in [-0.05, 0) is 19.9 Å². The maximum Gasteiger partial charge on any atom is 0.276 e. The summed E-state index contributed by atoms with van der Waals surface area (Å²) in [5.74, 6) is -0.292. The summed E-state index contributed by atoms with van der Waals surface area (Å²) in [4.78, 5) is 16.6. The second-order valence-corrected chi connectivity index (χ2v) is 6.77. The highest BCUT2D eigenvalue weighted by Gasteiger charge is 2.20. The first-order valence-electron chi connectivity index (χ1n) is 7.11. The molecule has 2 aromatic heterocycles. The molecule has 0 aliphatic heterocycles. The number of H-pyrrole nitrogens is 1. The fraction of sp³-hybridized carbons (Fsp3) is 0.188. The van der Waals surface area contributed by atoms with Crippen LogP contribution in [0.4, 0.5) is 5.00 Å². The predicted octanol–water partition coefficient (Wildman–Crippen LogP) is 2.98. The van der Waals surface area contributed by atoms with Crippen molar-refractivity contribution in [2.75, 3.05) is 5.32 Å². The smallest absolute Gasteiger partial charge is 0.276 e. The zero-order valence-corrected chi connectivity index (χ0v) is 13.6. The minimum atomic E-state index is -0.573. The van der Waals surface area contributed by atoms with Crippen LogP contribution in [0.1, 0.15) is 30.0 Å². The molecule has 3 rings (SSSR count). The molecule has 118 valence electrons. The first kappa shape index (κ1) is 15.4. The summed E-state index contributed by atoms with van der Waals surface area (Å²) < 4.78 is 0. The molecular formula is C16H17N5OS. The van der Waals surface area contributed by atoms with Crippen molar-refractivity contribution in [1.82, 2.24) is 15.2 Å². The Kier molecular flexibility index (Phi) is 3.97. The van der Waals surface area contributed by atoms with Crippen LogP contribution in [0.2, 0.25) is 0 Å². The molecule has 0 unspecified atom stereocenters. The second-order valence-electron chi connectivity index (χ2n) is 5.74. The van der Waals surface area contributed by atoms with Crippen LogP contribution in [0.5, 0.6) is 0 Å². The van der Waals surface area contributed by atoms with Crippen molar-refractivity contribution >= 4 is 22.2 Å². The van der Waals surface area contributed by atoms with Gasteiger partial charge < -0.3 is 11.1 Å². The van der Waals surface area contributed by atoms with Gasteiger partial charge in [0.15, 0.2) is 5.69 Å². The zero-order valence-electron chi connectivity index (χ0n) is 12.8. The minimum Gasteiger partial charge on any atom is -0.321 e. The first-order chi connectivity index (χ1) is 10.9. The number of hydrogen-bond donors (Lipinski definition) is 3. The average Bonchev–Trinajstić information content (AvgIpc) is 3.17. The van der Waals surface area contributed by atoms with E-state index in [1.165, 1.54) is 11.3 Å². The summed E-state index contributed by atoms with van der Waals surface area (Å²) in [5, 5.41) is 11.1. The van der Waals surface area contributed by atoms with Gasteiger partial charge in [0.1, 0.15) is 10.0 Å². The van der Waals surface area contributed by atoms with E-state index in [-0.39, 0.29) is 5.91 Å². The topological polar surface area (TPSA) is 96.7 Å². The van der Waals surface area contributed by atoms with E-state index in [1.807, 2.05) is 44.2 Å². The van der Waals surface area contributed by atoms with Crippen LogP contribution in [-0.4, -0.2) is 21.1 Å². The SMILES string of the molecule is CC(C)(N)c1cc(C(=O)Nc2cnc(-c3ccccc3)s2)n[nH]1. The molecule has 23 heavy (non-hydrogen) atoms. The van der Waals surface area contributed by atoms with Gasteiger partial charge in [0.25, 0.3) is 5.91 Å². The molecule has 0 aliphatic rings. The van der Waals surface area contributed by atoms with Crippen molar-refractivity contribution in [1.29, 1.82) is 0 Å². The molecule has 0 radical (unpaired) electrons. The Labute approximate surface area is 137 Å². The summed E-state index contributed by atoms with van der Waals surface area (Å²) in [6.07, 6.45) is 1.64. The van der Waals surface area contributed by atoms with Gasteiger partial charge in [-0.2, -0.15) is 5.10 Å². The lowest BCUT2D eigenvalue weighted by Gasteiger charge is -2.14. The Hall–Kier alpha value is -2.51. The molecule has 2 heterocycles. The van der Waals surface area contributed by atoms with Gasteiger partial charge in [-0.1, -0.05) is 41.7 Å². The Bertz CT molecular complexity index is 816. The van der Waals surface area contributed by atoms with Crippen molar-refractivity contribution in [3.63, 3.8) is 0 Å². The van der Waals surface area contributed by atoms with Gasteiger partial charge in [-0.3, -0.25) is 9.89 Å². The number of aromatic amines is 1. The van der Waals surface area contributed by atoms with E-state index >= 15 is 0 Å². The number of rotatable bonds is 4. The van der Waals surface area contributed by atoms with Gasteiger partial charge in [0.05, 0.1) is 17.4 Å². The van der Waals surface area contributed by atoms with Gasteiger partial charge in [0.2, 0.25) is 0 Å². The second kappa shape index (κ2) is 5.94. The van der Waals surface area contributed by atoms with E-state index in [0.717, 1.165) is 10.6 Å². The molecule has 7 heteroatoms. The maximum atomic E-state index is 12.2. The number of benzene rings is 1. The molecule has 0 fully saturated rings. The van der Waals surface area contributed by atoms with E-state index in [4.69, 9.17) is 5.73 Å². The third-order valence-electron chi connectivity index (χ3n) is 3.27. The molecule has 4 N–H and O–H groups in total. The number of hydrogen-bond acceptors (Lipinski definition) is 5. The van der Waals surface area contributed by atoms with Gasteiger partial charge >= 0.3 is 0 Å². The molecule has 1 amide bonds. The lowest BCUT2D eigenvalue weighted by molar-refractivity contribution is 0.102. The van der Waals surface area contributed by atoms with E-state index in [1.54, 1.807) is 12.3 Å². The summed E-state index contributed by atoms with van der Waals surface area (Å²) in [7, 11) is 0. The highest BCUT2D eigenvalue weighted by atomic mass is 32.1. The largest absolute Gasteiger partial charge is 0.321 e. The fourth-order valence-electron chi connectivity index (χ4n) is 1.99. The molecule has 0 spiro atoms. The maximum absolute atomic E-state index is 12.2. The fourth-order valence-corrected chi connectivity index (χ4v) is 2.81. The van der Waals surface area contributed by atoms with Crippen molar-refractivity contribution in [2.45, 2.75) is 19.4 Å². The van der Waals surface area contributed by atoms with Crippen LogP contribution in [0.3, 0.4) is 0 Å². The first-order valence-corrected chi connectivity index (χ1v) is 7.92. The molecule has 3 aromatic rings. The summed E-state index contributed by atoms with van der Waals surface area (Å²) >= 11 is 1.42. The molecule has 0 saturated carbocycles. The molecular weight excluding hydrogens is 310 g/mol. The Balaban J connectivity index is 1.74. The average molecular weight is 327 g/mol. The lowest BCUT2D eigenvalue weighted by atomic mass is 10.0. The molecule has 6 nitrogen and oxygen atoms in total. The van der Waals surface area contributed by atoms with Gasteiger partial charge in [-0.15, -0.1) is 0 Å². The number of aromatic nitrogens is 3. The van der Waals surface area contributed by atoms with Crippen LogP contribution in [0.25, 0.3) is 10.6 Å². The quantitative estimate of drug-likeness (QED) is 0.686. The minimum absolute atomic E-state index is 0.292. The van der Waals surface area contributed by atoms with E-state index in [0.29, 0.717) is 16.4 Å². The normalized spacial score (nSPS) is 11.4. The highest BCUT2D eigenvalue weighted by molar-refractivity contribution is 7.19. The summed E-state index contributed by atoms with van der Waals surface area (Å²) in [6.45, 7) is 3.69. The molecule has 0 atom stereocenters. The monoisotopic (exact) mass is 327 g/mol. The number of nitrogens with one attached hydrogen (secondary N) is 2. The van der Waals surface area contributed by atoms with Crippen molar-refractivity contribution in [3.05, 3.63) is 54.0 Å². The summed E-state index contributed by atoms with van der Waals surface area (Å²) in [5.41, 5.74) is 7.43. The third kappa shape index (κ3) is 3.46. The van der Waals surface area contributed by atoms with Crippen molar-refractivity contribution < 1.29 is 4.79 Å². The molecule has 0 saturated heterocycles. The number of nitrogens with two attached hydrogens (primary N) is 1. The van der Waals surface area contributed by atoms with Crippen LogP contribution in [-0.2, 0) is 5.54 Å². The number of nitrogens with zero attached hydrogens (tertiary/aromatic N) is 2. The number of amides is 1. The standard InChI is InChI=1S/C16H17N5OS/c1-16(2,17)12-8-11(20-21-12)14(22)19-13-9-18-15(23-13)10-6-4-3-5-7-10/h3-9H,17H2,1-2H3,(H,19,22)(H,20,21). The van der Waals surface area contributed by atoms with Gasteiger partial charge in [0, 0.05) is 5.56 Å².